The average molecular weight is 238 g/mol. The monoisotopic (exact) mass is 238 g/mol. The van der Waals surface area contributed by atoms with Crippen LogP contribution in [0, 0.1) is 0 Å². The Bertz CT molecular complexity index is 556. The summed E-state index contributed by atoms with van der Waals surface area (Å²) in [6, 6.07) is 14.3. The fourth-order valence-electron chi connectivity index (χ4n) is 1.54. The zero-order valence-corrected chi connectivity index (χ0v) is 9.89. The lowest BCUT2D eigenvalue weighted by molar-refractivity contribution is 0.102. The van der Waals surface area contributed by atoms with Crippen LogP contribution in [0.1, 0.15) is 15.9 Å². The highest BCUT2D eigenvalue weighted by atomic mass is 16.1. The molecular weight excluding hydrogens is 224 g/mol. The lowest BCUT2D eigenvalue weighted by atomic mass is 10.1. The SMILES string of the molecule is C=Cc1ccc(NC(=O)c2ccc(N)cc2)cc1. The van der Waals surface area contributed by atoms with Crippen LogP contribution in [0.2, 0.25) is 0 Å². The molecule has 0 spiro atoms. The maximum atomic E-state index is 11.9. The topological polar surface area (TPSA) is 55.1 Å². The van der Waals surface area contributed by atoms with E-state index in [4.69, 9.17) is 5.73 Å². The van der Waals surface area contributed by atoms with Gasteiger partial charge in [0.05, 0.1) is 0 Å². The molecule has 0 aromatic heterocycles. The molecule has 3 N–H and O–H groups in total. The number of hydrogen-bond donors (Lipinski definition) is 2. The molecule has 0 radical (unpaired) electrons. The molecule has 0 saturated heterocycles. The van der Waals surface area contributed by atoms with E-state index in [-0.39, 0.29) is 5.91 Å². The van der Waals surface area contributed by atoms with Crippen molar-refractivity contribution in [2.45, 2.75) is 0 Å². The minimum absolute atomic E-state index is 0.152. The number of carbonyl (C=O) groups excluding carboxylic acids is 1. The van der Waals surface area contributed by atoms with Gasteiger partial charge in [-0.3, -0.25) is 4.79 Å². The van der Waals surface area contributed by atoms with E-state index in [0.29, 0.717) is 11.3 Å². The largest absolute Gasteiger partial charge is 0.399 e. The van der Waals surface area contributed by atoms with Crippen LogP contribution in [-0.4, -0.2) is 5.91 Å². The van der Waals surface area contributed by atoms with Crippen molar-refractivity contribution < 1.29 is 4.79 Å². The van der Waals surface area contributed by atoms with Gasteiger partial charge in [-0.1, -0.05) is 24.8 Å². The summed E-state index contributed by atoms with van der Waals surface area (Å²) in [4.78, 5) is 11.9. The second-order valence-electron chi connectivity index (χ2n) is 3.90. The Kier molecular flexibility index (Phi) is 3.44. The fraction of sp³-hybridized carbons (Fsp3) is 0. The predicted molar refractivity (Wildman–Crippen MR) is 75.3 cm³/mol. The highest BCUT2D eigenvalue weighted by molar-refractivity contribution is 6.04. The van der Waals surface area contributed by atoms with Crippen molar-refractivity contribution in [3.05, 3.63) is 66.2 Å². The molecule has 18 heavy (non-hydrogen) atoms. The van der Waals surface area contributed by atoms with Crippen LogP contribution in [-0.2, 0) is 0 Å². The van der Waals surface area contributed by atoms with Gasteiger partial charge in [-0.25, -0.2) is 0 Å². The van der Waals surface area contributed by atoms with Crippen LogP contribution in [0.5, 0.6) is 0 Å². The number of anilines is 2. The Balaban J connectivity index is 2.10. The second kappa shape index (κ2) is 5.19. The maximum absolute atomic E-state index is 11.9. The van der Waals surface area contributed by atoms with Crippen LogP contribution in [0.25, 0.3) is 6.08 Å². The third-order valence-electron chi connectivity index (χ3n) is 2.58. The first-order valence-corrected chi connectivity index (χ1v) is 5.58. The Morgan fingerprint density at radius 3 is 2.22 bits per heavy atom. The maximum Gasteiger partial charge on any atom is 0.255 e. The molecule has 90 valence electrons. The minimum atomic E-state index is -0.152. The van der Waals surface area contributed by atoms with Crippen molar-refractivity contribution in [1.82, 2.24) is 0 Å². The minimum Gasteiger partial charge on any atom is -0.399 e. The van der Waals surface area contributed by atoms with Crippen molar-refractivity contribution in [3.63, 3.8) is 0 Å². The van der Waals surface area contributed by atoms with E-state index < -0.39 is 0 Å². The summed E-state index contributed by atoms with van der Waals surface area (Å²) in [6.45, 7) is 3.68. The second-order valence-corrected chi connectivity index (χ2v) is 3.90. The molecule has 2 rings (SSSR count). The summed E-state index contributed by atoms with van der Waals surface area (Å²) in [5.74, 6) is -0.152. The normalized spacial score (nSPS) is 9.78. The lowest BCUT2D eigenvalue weighted by Gasteiger charge is -2.05. The van der Waals surface area contributed by atoms with E-state index in [1.54, 1.807) is 30.3 Å². The molecule has 0 aliphatic heterocycles. The predicted octanol–water partition coefficient (Wildman–Crippen LogP) is 3.16. The fourth-order valence-corrected chi connectivity index (χ4v) is 1.54. The molecule has 0 aliphatic rings. The summed E-state index contributed by atoms with van der Waals surface area (Å²) in [5.41, 5.74) is 8.56. The summed E-state index contributed by atoms with van der Waals surface area (Å²) in [5, 5.41) is 2.81. The zero-order chi connectivity index (χ0) is 13.0. The smallest absolute Gasteiger partial charge is 0.255 e. The van der Waals surface area contributed by atoms with Crippen molar-refractivity contribution in [1.29, 1.82) is 0 Å². The summed E-state index contributed by atoms with van der Waals surface area (Å²) < 4.78 is 0. The number of hydrogen-bond acceptors (Lipinski definition) is 2. The molecule has 3 nitrogen and oxygen atoms in total. The Morgan fingerprint density at radius 2 is 1.67 bits per heavy atom. The summed E-state index contributed by atoms with van der Waals surface area (Å²) >= 11 is 0. The number of benzene rings is 2. The zero-order valence-electron chi connectivity index (χ0n) is 9.89. The van der Waals surface area contributed by atoms with Crippen LogP contribution in [0.4, 0.5) is 11.4 Å². The molecule has 3 heteroatoms. The Labute approximate surface area is 106 Å². The van der Waals surface area contributed by atoms with Crippen LogP contribution in [0.15, 0.2) is 55.1 Å². The highest BCUT2D eigenvalue weighted by Gasteiger charge is 2.05. The first kappa shape index (κ1) is 11.9. The lowest BCUT2D eigenvalue weighted by Crippen LogP contribution is -2.11. The molecule has 2 aromatic carbocycles. The first-order valence-electron chi connectivity index (χ1n) is 5.58. The van der Waals surface area contributed by atoms with Gasteiger partial charge < -0.3 is 11.1 Å². The molecule has 2 aromatic rings. The van der Waals surface area contributed by atoms with Crippen molar-refractivity contribution in [2.24, 2.45) is 0 Å². The number of rotatable bonds is 3. The molecule has 0 heterocycles. The molecule has 0 bridgehead atoms. The number of nitrogens with two attached hydrogens (primary N) is 1. The summed E-state index contributed by atoms with van der Waals surface area (Å²) in [6.07, 6.45) is 1.76. The molecule has 1 amide bonds. The van der Waals surface area contributed by atoms with Gasteiger partial charge in [-0.2, -0.15) is 0 Å². The molecule has 0 aliphatic carbocycles. The van der Waals surface area contributed by atoms with Crippen LogP contribution < -0.4 is 11.1 Å². The van der Waals surface area contributed by atoms with E-state index in [0.717, 1.165) is 11.3 Å². The average Bonchev–Trinajstić information content (AvgIpc) is 2.40. The number of carbonyl (C=O) groups is 1. The van der Waals surface area contributed by atoms with Crippen molar-refractivity contribution in [3.8, 4) is 0 Å². The van der Waals surface area contributed by atoms with E-state index in [2.05, 4.69) is 11.9 Å². The molecule has 0 fully saturated rings. The van der Waals surface area contributed by atoms with Gasteiger partial charge in [-0.15, -0.1) is 0 Å². The van der Waals surface area contributed by atoms with Crippen LogP contribution in [0.3, 0.4) is 0 Å². The van der Waals surface area contributed by atoms with Gasteiger partial charge >= 0.3 is 0 Å². The van der Waals surface area contributed by atoms with Gasteiger partial charge in [0.15, 0.2) is 0 Å². The Hall–Kier alpha value is -2.55. The quantitative estimate of drug-likeness (QED) is 0.807. The van der Waals surface area contributed by atoms with Crippen molar-refractivity contribution in [2.75, 3.05) is 11.1 Å². The molecule has 0 saturated carbocycles. The first-order chi connectivity index (χ1) is 8.69. The van der Waals surface area contributed by atoms with Gasteiger partial charge in [0.2, 0.25) is 0 Å². The molecule has 0 atom stereocenters. The number of nitrogens with one attached hydrogen (secondary N) is 1. The number of amides is 1. The standard InChI is InChI=1S/C15H14N2O/c1-2-11-3-9-14(10-4-11)17-15(18)12-5-7-13(16)8-6-12/h2-10H,1,16H2,(H,17,18). The van der Waals surface area contributed by atoms with E-state index in [1.807, 2.05) is 24.3 Å². The third-order valence-corrected chi connectivity index (χ3v) is 2.58. The van der Waals surface area contributed by atoms with Gasteiger partial charge in [0.25, 0.3) is 5.91 Å². The van der Waals surface area contributed by atoms with E-state index in [1.165, 1.54) is 0 Å². The van der Waals surface area contributed by atoms with Gasteiger partial charge in [-0.05, 0) is 42.0 Å². The molecular formula is C15H14N2O. The highest BCUT2D eigenvalue weighted by Crippen LogP contribution is 2.12. The number of nitrogen functional groups attached to an aromatic ring is 1. The van der Waals surface area contributed by atoms with Crippen LogP contribution >= 0.6 is 0 Å². The Morgan fingerprint density at radius 1 is 1.06 bits per heavy atom. The van der Waals surface area contributed by atoms with Crippen molar-refractivity contribution >= 4 is 23.4 Å². The van der Waals surface area contributed by atoms with Gasteiger partial charge in [0.1, 0.15) is 0 Å². The van der Waals surface area contributed by atoms with Gasteiger partial charge in [0, 0.05) is 16.9 Å². The van der Waals surface area contributed by atoms with E-state index >= 15 is 0 Å². The summed E-state index contributed by atoms with van der Waals surface area (Å²) in [7, 11) is 0. The molecule has 0 unspecified atom stereocenters. The van der Waals surface area contributed by atoms with E-state index in [9.17, 15) is 4.79 Å². The third kappa shape index (κ3) is 2.77.